The first kappa shape index (κ1) is 9.24. The van der Waals surface area contributed by atoms with Crippen LogP contribution < -0.4 is 0 Å². The van der Waals surface area contributed by atoms with Crippen LogP contribution in [0.4, 0.5) is 0 Å². The third-order valence-electron chi connectivity index (χ3n) is 1.01. The number of aliphatic imine (C=N–C) groups is 1. The Balaban J connectivity index is 4.17. The number of nitrogens with zero attached hydrogens (tertiary/aromatic N) is 1. The molecule has 0 saturated carbocycles. The summed E-state index contributed by atoms with van der Waals surface area (Å²) in [6, 6.07) is 0. The second-order valence-electron chi connectivity index (χ2n) is 1.50. The Morgan fingerprint density at radius 3 is 2.44 bits per heavy atom. The molecule has 52 valence electrons. The maximum atomic E-state index is 3.81. The average molecular weight is 208 g/mol. The van der Waals surface area contributed by atoms with Crippen LogP contribution in [0.1, 0.15) is 6.92 Å². The summed E-state index contributed by atoms with van der Waals surface area (Å²) in [4.78, 5) is 5.05. The number of halogens is 1. The Labute approximate surface area is 68.8 Å². The predicted octanol–water partition coefficient (Wildman–Crippen LogP) is 2.68. The van der Waals surface area contributed by atoms with Crippen LogP contribution in [0, 0.1) is 0 Å². The highest BCUT2D eigenvalue weighted by Gasteiger charge is 1.94. The van der Waals surface area contributed by atoms with Gasteiger partial charge in [-0.2, -0.15) is 0 Å². The van der Waals surface area contributed by atoms with Gasteiger partial charge in [-0.15, -0.1) is 11.8 Å². The van der Waals surface area contributed by atoms with Crippen molar-refractivity contribution in [3.8, 4) is 0 Å². The molecule has 0 fully saturated rings. The van der Waals surface area contributed by atoms with Gasteiger partial charge in [-0.25, -0.2) is 0 Å². The van der Waals surface area contributed by atoms with E-state index in [1.807, 2.05) is 13.2 Å². The van der Waals surface area contributed by atoms with Crippen LogP contribution in [0.3, 0.4) is 0 Å². The van der Waals surface area contributed by atoms with Gasteiger partial charge < -0.3 is 0 Å². The van der Waals surface area contributed by atoms with Gasteiger partial charge in [0.1, 0.15) is 0 Å². The van der Waals surface area contributed by atoms with E-state index in [9.17, 15) is 0 Å². The number of allylic oxidation sites excluding steroid dienone is 2. The molecule has 0 aliphatic carbocycles. The topological polar surface area (TPSA) is 12.4 Å². The van der Waals surface area contributed by atoms with Crippen LogP contribution in [0.5, 0.6) is 0 Å². The van der Waals surface area contributed by atoms with Gasteiger partial charge in [-0.3, -0.25) is 4.99 Å². The summed E-state index contributed by atoms with van der Waals surface area (Å²) in [6.07, 6.45) is 2.03. The minimum Gasteiger partial charge on any atom is -0.269 e. The summed E-state index contributed by atoms with van der Waals surface area (Å²) >= 11 is 5.05. The van der Waals surface area contributed by atoms with E-state index >= 15 is 0 Å². The van der Waals surface area contributed by atoms with E-state index in [1.165, 1.54) is 4.91 Å². The molecule has 0 rings (SSSR count). The number of rotatable bonds is 3. The smallest absolute Gasteiger partial charge is 0.0468 e. The standard InChI is InChI=1S/C6H10BrNS/c1-5(8-2)6(4-7)9-3/h2,4H2,1,3H3/b6-5-. The molecule has 0 N–H and O–H groups in total. The molecule has 0 bridgehead atoms. The van der Waals surface area contributed by atoms with E-state index in [0.29, 0.717) is 0 Å². The zero-order chi connectivity index (χ0) is 7.28. The van der Waals surface area contributed by atoms with E-state index in [0.717, 1.165) is 11.0 Å². The van der Waals surface area contributed by atoms with Gasteiger partial charge in [-0.05, 0) is 19.9 Å². The fourth-order valence-electron chi connectivity index (χ4n) is 0.387. The molecular formula is C6H10BrNS. The minimum atomic E-state index is 0.874. The number of hydrogen-bond acceptors (Lipinski definition) is 2. The zero-order valence-corrected chi connectivity index (χ0v) is 8.05. The van der Waals surface area contributed by atoms with Crippen molar-refractivity contribution in [3.63, 3.8) is 0 Å². The van der Waals surface area contributed by atoms with Crippen molar-refractivity contribution in [1.29, 1.82) is 0 Å². The molecule has 0 spiro atoms. The lowest BCUT2D eigenvalue weighted by Crippen LogP contribution is -1.80. The van der Waals surface area contributed by atoms with Gasteiger partial charge >= 0.3 is 0 Å². The summed E-state index contributed by atoms with van der Waals surface area (Å²) in [5, 5.41) is 0.874. The van der Waals surface area contributed by atoms with E-state index in [-0.39, 0.29) is 0 Å². The lowest BCUT2D eigenvalue weighted by atomic mass is 10.5. The van der Waals surface area contributed by atoms with Gasteiger partial charge in [0.2, 0.25) is 0 Å². The fourth-order valence-corrected chi connectivity index (χ4v) is 1.95. The van der Waals surface area contributed by atoms with Gasteiger partial charge in [0.05, 0.1) is 0 Å². The second-order valence-corrected chi connectivity index (χ2v) is 2.97. The Morgan fingerprint density at radius 1 is 1.78 bits per heavy atom. The molecule has 0 atom stereocenters. The lowest BCUT2D eigenvalue weighted by Gasteiger charge is -1.99. The van der Waals surface area contributed by atoms with Gasteiger partial charge in [0, 0.05) is 15.9 Å². The number of thioether (sulfide) groups is 1. The Hall–Kier alpha value is 0.240. The van der Waals surface area contributed by atoms with Crippen molar-refractivity contribution < 1.29 is 0 Å². The van der Waals surface area contributed by atoms with E-state index in [1.54, 1.807) is 11.8 Å². The van der Waals surface area contributed by atoms with Crippen molar-refractivity contribution in [2.45, 2.75) is 6.92 Å². The molecule has 0 aromatic rings. The minimum absolute atomic E-state index is 0.874. The summed E-state index contributed by atoms with van der Waals surface area (Å²) in [7, 11) is 0. The highest BCUT2D eigenvalue weighted by molar-refractivity contribution is 9.09. The van der Waals surface area contributed by atoms with Crippen LogP contribution >= 0.6 is 27.7 Å². The predicted molar refractivity (Wildman–Crippen MR) is 49.6 cm³/mol. The summed E-state index contributed by atoms with van der Waals surface area (Å²) in [6.45, 7) is 5.39. The molecule has 0 radical (unpaired) electrons. The maximum absolute atomic E-state index is 3.81. The first-order valence-electron chi connectivity index (χ1n) is 2.52. The molecule has 0 aromatic carbocycles. The normalized spacial score (nSPS) is 12.8. The molecule has 0 heterocycles. The third-order valence-corrected chi connectivity index (χ3v) is 2.87. The molecule has 0 aromatic heterocycles. The van der Waals surface area contributed by atoms with Gasteiger partial charge in [0.15, 0.2) is 0 Å². The van der Waals surface area contributed by atoms with E-state index in [4.69, 9.17) is 0 Å². The van der Waals surface area contributed by atoms with Crippen molar-refractivity contribution in [2.75, 3.05) is 11.6 Å². The van der Waals surface area contributed by atoms with Crippen LogP contribution in [-0.2, 0) is 0 Å². The highest BCUT2D eigenvalue weighted by Crippen LogP contribution is 2.18. The van der Waals surface area contributed by atoms with Crippen molar-refractivity contribution in [2.24, 2.45) is 4.99 Å². The fraction of sp³-hybridized carbons (Fsp3) is 0.500. The summed E-state index contributed by atoms with van der Waals surface area (Å²) in [5.74, 6) is 0. The average Bonchev–Trinajstić information content (AvgIpc) is 1.90. The SMILES string of the molecule is C=N/C(C)=C(/CBr)SC. The summed E-state index contributed by atoms with van der Waals surface area (Å²) < 4.78 is 0. The highest BCUT2D eigenvalue weighted by atomic mass is 79.9. The van der Waals surface area contributed by atoms with Crippen LogP contribution in [0.15, 0.2) is 15.6 Å². The van der Waals surface area contributed by atoms with Gasteiger partial charge in [0.25, 0.3) is 0 Å². The van der Waals surface area contributed by atoms with E-state index < -0.39 is 0 Å². The van der Waals surface area contributed by atoms with Crippen molar-refractivity contribution in [3.05, 3.63) is 10.6 Å². The molecular weight excluding hydrogens is 198 g/mol. The zero-order valence-electron chi connectivity index (χ0n) is 5.65. The monoisotopic (exact) mass is 207 g/mol. The van der Waals surface area contributed by atoms with Crippen molar-refractivity contribution in [1.82, 2.24) is 0 Å². The molecule has 0 unspecified atom stereocenters. The molecule has 1 nitrogen and oxygen atoms in total. The Kier molecular flexibility index (Phi) is 5.19. The van der Waals surface area contributed by atoms with Crippen LogP contribution in [0.25, 0.3) is 0 Å². The molecule has 9 heavy (non-hydrogen) atoms. The van der Waals surface area contributed by atoms with Crippen molar-refractivity contribution >= 4 is 34.4 Å². The first-order valence-corrected chi connectivity index (χ1v) is 4.87. The molecule has 0 amide bonds. The quantitative estimate of drug-likeness (QED) is 0.513. The number of hydrogen-bond donors (Lipinski definition) is 0. The van der Waals surface area contributed by atoms with Crippen LogP contribution in [0.2, 0.25) is 0 Å². The maximum Gasteiger partial charge on any atom is 0.0468 e. The largest absolute Gasteiger partial charge is 0.269 e. The number of alkyl halides is 1. The molecule has 0 aliphatic heterocycles. The van der Waals surface area contributed by atoms with E-state index in [2.05, 4.69) is 27.6 Å². The molecule has 0 aliphatic rings. The molecule has 0 saturated heterocycles. The first-order chi connectivity index (χ1) is 4.26. The Morgan fingerprint density at radius 2 is 2.33 bits per heavy atom. The van der Waals surface area contributed by atoms with Gasteiger partial charge in [-0.1, -0.05) is 15.9 Å². The molecule has 3 heteroatoms. The summed E-state index contributed by atoms with van der Waals surface area (Å²) in [5.41, 5.74) is 1.01. The van der Waals surface area contributed by atoms with Crippen LogP contribution in [-0.4, -0.2) is 18.3 Å². The Bertz CT molecular complexity index is 125. The second kappa shape index (κ2) is 5.06. The lowest BCUT2D eigenvalue weighted by molar-refractivity contribution is 1.30. The third kappa shape index (κ3) is 3.06.